The number of methoxy groups -OCH3 is 1. The van der Waals surface area contributed by atoms with Crippen LogP contribution in [0.4, 0.5) is 0 Å². The summed E-state index contributed by atoms with van der Waals surface area (Å²) in [5.74, 6) is -0.0227. The van der Waals surface area contributed by atoms with Gasteiger partial charge in [0.05, 0.1) is 24.3 Å². The number of fused-ring (bicyclic) bond motifs is 1. The third kappa shape index (κ3) is 2.35. The minimum Gasteiger partial charge on any atom is -0.465 e. The van der Waals surface area contributed by atoms with E-state index in [1.165, 1.54) is 7.11 Å². The summed E-state index contributed by atoms with van der Waals surface area (Å²) in [5, 5.41) is 8.92. The number of ether oxygens (including phenoxy) is 1. The Morgan fingerprint density at radius 3 is 2.90 bits per heavy atom. The van der Waals surface area contributed by atoms with Crippen LogP contribution in [0.1, 0.15) is 15.9 Å². The molecule has 0 unspecified atom stereocenters. The van der Waals surface area contributed by atoms with Gasteiger partial charge >= 0.3 is 5.97 Å². The maximum Gasteiger partial charge on any atom is 0.337 e. The molecule has 1 heterocycles. The van der Waals surface area contributed by atoms with Crippen molar-refractivity contribution >= 4 is 17.1 Å². The van der Waals surface area contributed by atoms with Gasteiger partial charge in [-0.15, -0.1) is 0 Å². The molecule has 3 rings (SSSR count). The summed E-state index contributed by atoms with van der Waals surface area (Å²) in [4.78, 5) is 15.9. The zero-order valence-corrected chi connectivity index (χ0v) is 11.2. The van der Waals surface area contributed by atoms with Gasteiger partial charge in [0.2, 0.25) is 5.89 Å². The van der Waals surface area contributed by atoms with Gasteiger partial charge in [-0.1, -0.05) is 6.07 Å². The van der Waals surface area contributed by atoms with E-state index in [1.807, 2.05) is 6.07 Å². The number of nitriles is 1. The quantitative estimate of drug-likeness (QED) is 0.673. The number of carbonyl (C=O) groups excluding carboxylic acids is 1. The molecule has 5 nitrogen and oxygen atoms in total. The van der Waals surface area contributed by atoms with Gasteiger partial charge < -0.3 is 9.15 Å². The molecule has 3 aromatic rings. The molecule has 0 fully saturated rings. The number of oxazole rings is 1. The molecule has 0 saturated heterocycles. The molecule has 0 aliphatic carbocycles. The van der Waals surface area contributed by atoms with Crippen LogP contribution in [0.3, 0.4) is 0 Å². The molecule has 0 aliphatic rings. The zero-order chi connectivity index (χ0) is 14.8. The van der Waals surface area contributed by atoms with Crippen molar-refractivity contribution in [1.82, 2.24) is 4.98 Å². The topological polar surface area (TPSA) is 76.1 Å². The maximum absolute atomic E-state index is 11.5. The molecule has 0 saturated carbocycles. The Hall–Kier alpha value is -3.13. The van der Waals surface area contributed by atoms with Crippen LogP contribution >= 0.6 is 0 Å². The van der Waals surface area contributed by atoms with Crippen LogP contribution in [-0.2, 0) is 4.74 Å². The molecule has 0 radical (unpaired) electrons. The Morgan fingerprint density at radius 1 is 1.29 bits per heavy atom. The number of benzene rings is 2. The second-order valence-corrected chi connectivity index (χ2v) is 4.39. The SMILES string of the molecule is COC(=O)c1ccc2nc(-c3cccc(C#N)c3)oc2c1. The van der Waals surface area contributed by atoms with Gasteiger partial charge in [0.1, 0.15) is 5.52 Å². The molecular formula is C16H10N2O3. The van der Waals surface area contributed by atoms with Crippen LogP contribution in [0.5, 0.6) is 0 Å². The first kappa shape index (κ1) is 12.9. The van der Waals surface area contributed by atoms with Crippen LogP contribution in [-0.4, -0.2) is 18.1 Å². The van der Waals surface area contributed by atoms with Crippen molar-refractivity contribution < 1.29 is 13.9 Å². The molecule has 0 bridgehead atoms. The Bertz CT molecular complexity index is 875. The Morgan fingerprint density at radius 2 is 2.14 bits per heavy atom. The number of hydrogen-bond donors (Lipinski definition) is 0. The van der Waals surface area contributed by atoms with Crippen molar-refractivity contribution in [2.45, 2.75) is 0 Å². The van der Waals surface area contributed by atoms with Crippen molar-refractivity contribution in [3.05, 3.63) is 53.6 Å². The normalized spacial score (nSPS) is 10.3. The van der Waals surface area contributed by atoms with Gasteiger partial charge in [-0.25, -0.2) is 9.78 Å². The zero-order valence-electron chi connectivity index (χ0n) is 11.2. The molecule has 0 amide bonds. The van der Waals surface area contributed by atoms with Crippen LogP contribution in [0.15, 0.2) is 46.9 Å². The fraction of sp³-hybridized carbons (Fsp3) is 0.0625. The highest BCUT2D eigenvalue weighted by Gasteiger charge is 2.12. The van der Waals surface area contributed by atoms with E-state index in [1.54, 1.807) is 36.4 Å². The number of esters is 1. The lowest BCUT2D eigenvalue weighted by Gasteiger charge is -1.97. The first-order valence-electron chi connectivity index (χ1n) is 6.20. The van der Waals surface area contributed by atoms with Crippen LogP contribution in [0, 0.1) is 11.3 Å². The highest BCUT2D eigenvalue weighted by Crippen LogP contribution is 2.25. The Kier molecular flexibility index (Phi) is 3.13. The molecule has 0 atom stereocenters. The summed E-state index contributed by atoms with van der Waals surface area (Å²) in [5.41, 5.74) is 2.78. The molecule has 1 aromatic heterocycles. The van der Waals surface area contributed by atoms with Gasteiger partial charge in [0, 0.05) is 5.56 Å². The third-order valence-corrected chi connectivity index (χ3v) is 3.05. The summed E-state index contributed by atoms with van der Waals surface area (Å²) in [6.07, 6.45) is 0. The summed E-state index contributed by atoms with van der Waals surface area (Å²) in [6, 6.07) is 14.0. The Labute approximate surface area is 120 Å². The fourth-order valence-electron chi connectivity index (χ4n) is 2.01. The van der Waals surface area contributed by atoms with E-state index in [9.17, 15) is 4.79 Å². The van der Waals surface area contributed by atoms with Gasteiger partial charge in [-0.3, -0.25) is 0 Å². The summed E-state index contributed by atoms with van der Waals surface area (Å²) in [6.45, 7) is 0. The van der Waals surface area contributed by atoms with Gasteiger partial charge in [0.25, 0.3) is 0 Å². The first-order chi connectivity index (χ1) is 10.2. The van der Waals surface area contributed by atoms with E-state index < -0.39 is 5.97 Å². The number of nitrogens with zero attached hydrogens (tertiary/aromatic N) is 2. The van der Waals surface area contributed by atoms with E-state index in [-0.39, 0.29) is 0 Å². The maximum atomic E-state index is 11.5. The molecule has 0 spiro atoms. The number of aromatic nitrogens is 1. The van der Waals surface area contributed by atoms with E-state index in [0.717, 1.165) is 0 Å². The smallest absolute Gasteiger partial charge is 0.337 e. The largest absolute Gasteiger partial charge is 0.465 e. The monoisotopic (exact) mass is 278 g/mol. The Balaban J connectivity index is 2.08. The van der Waals surface area contributed by atoms with Crippen LogP contribution in [0.25, 0.3) is 22.6 Å². The minimum absolute atomic E-state index is 0.401. The number of hydrogen-bond acceptors (Lipinski definition) is 5. The average molecular weight is 278 g/mol. The predicted molar refractivity (Wildman–Crippen MR) is 75.5 cm³/mol. The summed E-state index contributed by atoms with van der Waals surface area (Å²) >= 11 is 0. The van der Waals surface area contributed by atoms with Gasteiger partial charge in [-0.2, -0.15) is 5.26 Å². The van der Waals surface area contributed by atoms with E-state index >= 15 is 0 Å². The van der Waals surface area contributed by atoms with Crippen molar-refractivity contribution in [3.63, 3.8) is 0 Å². The van der Waals surface area contributed by atoms with Crippen molar-refractivity contribution in [2.75, 3.05) is 7.11 Å². The van der Waals surface area contributed by atoms with Crippen molar-refractivity contribution in [1.29, 1.82) is 5.26 Å². The molecule has 0 aliphatic heterocycles. The third-order valence-electron chi connectivity index (χ3n) is 3.05. The number of carbonyl (C=O) groups is 1. The lowest BCUT2D eigenvalue weighted by molar-refractivity contribution is 0.0601. The lowest BCUT2D eigenvalue weighted by atomic mass is 10.1. The van der Waals surface area contributed by atoms with Gasteiger partial charge in [-0.05, 0) is 36.4 Å². The molecule has 5 heteroatoms. The van der Waals surface area contributed by atoms with E-state index in [4.69, 9.17) is 9.68 Å². The van der Waals surface area contributed by atoms with Crippen LogP contribution in [0.2, 0.25) is 0 Å². The highest BCUT2D eigenvalue weighted by atomic mass is 16.5. The summed E-state index contributed by atoms with van der Waals surface area (Å²) < 4.78 is 10.3. The number of rotatable bonds is 2. The van der Waals surface area contributed by atoms with E-state index in [0.29, 0.717) is 33.7 Å². The molecule has 0 N–H and O–H groups in total. The summed E-state index contributed by atoms with van der Waals surface area (Å²) in [7, 11) is 1.33. The second kappa shape index (κ2) is 5.10. The first-order valence-corrected chi connectivity index (χ1v) is 6.20. The highest BCUT2D eigenvalue weighted by molar-refractivity contribution is 5.93. The second-order valence-electron chi connectivity index (χ2n) is 4.39. The van der Waals surface area contributed by atoms with Crippen molar-refractivity contribution in [2.24, 2.45) is 0 Å². The van der Waals surface area contributed by atoms with Crippen LogP contribution < -0.4 is 0 Å². The minimum atomic E-state index is -0.429. The fourth-order valence-corrected chi connectivity index (χ4v) is 2.01. The average Bonchev–Trinajstić information content (AvgIpc) is 2.97. The van der Waals surface area contributed by atoms with Gasteiger partial charge in [0.15, 0.2) is 5.58 Å². The lowest BCUT2D eigenvalue weighted by Crippen LogP contribution is -2.00. The predicted octanol–water partition coefficient (Wildman–Crippen LogP) is 3.15. The molecule has 102 valence electrons. The standard InChI is InChI=1S/C16H10N2O3/c1-20-16(19)12-5-6-13-14(8-12)21-15(18-13)11-4-2-3-10(7-11)9-17/h2-8H,1H3. The van der Waals surface area contributed by atoms with Crippen molar-refractivity contribution in [3.8, 4) is 17.5 Å². The molecule has 21 heavy (non-hydrogen) atoms. The van der Waals surface area contributed by atoms with E-state index in [2.05, 4.69) is 15.8 Å². The molecular weight excluding hydrogens is 268 g/mol. The molecule has 2 aromatic carbocycles.